The standard InChI is InChI=1S/C20H36O6.2C2H3N/c1-2-6-18-17(5-1)23-13-9-21-11-15-25-19-7-3-4-8-20(19)26-16-12-22-10-14-24-18;2*1-2-3/h17-20H,1-16H2;2*1H3/t17-,18+,19-,20+;;. The first-order chi connectivity index (χ1) is 15.8. The average Bonchev–Trinajstić information content (AvgIpc) is 2.80. The van der Waals surface area contributed by atoms with Crippen LogP contribution < -0.4 is 0 Å². The molecule has 0 amide bonds. The molecule has 32 heavy (non-hydrogen) atoms. The van der Waals surface area contributed by atoms with E-state index in [9.17, 15) is 0 Å². The number of rotatable bonds is 0. The summed E-state index contributed by atoms with van der Waals surface area (Å²) in [6.45, 7) is 7.79. The second-order valence-corrected chi connectivity index (χ2v) is 7.88. The third-order valence-corrected chi connectivity index (χ3v) is 5.52. The van der Waals surface area contributed by atoms with E-state index < -0.39 is 0 Å². The van der Waals surface area contributed by atoms with Gasteiger partial charge in [-0.1, -0.05) is 25.7 Å². The highest BCUT2D eigenvalue weighted by atomic mass is 16.6. The van der Waals surface area contributed by atoms with Crippen molar-refractivity contribution in [2.45, 2.75) is 89.6 Å². The first-order valence-corrected chi connectivity index (χ1v) is 12.0. The highest BCUT2D eigenvalue weighted by Gasteiger charge is 2.27. The molecular formula is C24H42N2O6. The number of nitrogens with zero attached hydrogens (tertiary/aromatic N) is 2. The van der Waals surface area contributed by atoms with Gasteiger partial charge in [-0.05, 0) is 25.7 Å². The molecule has 1 aliphatic heterocycles. The molecule has 2 saturated carbocycles. The van der Waals surface area contributed by atoms with Crippen molar-refractivity contribution in [1.29, 1.82) is 10.5 Å². The first-order valence-electron chi connectivity index (χ1n) is 12.0. The molecule has 0 N–H and O–H groups in total. The highest BCUT2D eigenvalue weighted by molar-refractivity contribution is 4.78. The zero-order valence-electron chi connectivity index (χ0n) is 20.0. The molecule has 0 unspecified atom stereocenters. The van der Waals surface area contributed by atoms with Gasteiger partial charge in [0.05, 0.1) is 89.4 Å². The summed E-state index contributed by atoms with van der Waals surface area (Å²) in [7, 11) is 0. The SMILES string of the molecule is C1CC[C@H]2OCCOCCO[C@@H]3CCCC[C@@H]3OCCOCCO[C@H]2C1.CC#N.CC#N. The van der Waals surface area contributed by atoms with Crippen molar-refractivity contribution >= 4 is 0 Å². The Hall–Kier alpha value is -1.26. The predicted molar refractivity (Wildman–Crippen MR) is 120 cm³/mol. The maximum Gasteiger partial charge on any atom is 0.0837 e. The van der Waals surface area contributed by atoms with Crippen LogP contribution in [0.25, 0.3) is 0 Å². The molecular weight excluding hydrogens is 412 g/mol. The van der Waals surface area contributed by atoms with Crippen LogP contribution in [0.1, 0.15) is 65.2 Å². The minimum Gasteiger partial charge on any atom is -0.377 e. The Morgan fingerprint density at radius 3 is 0.906 bits per heavy atom. The molecule has 8 heteroatoms. The van der Waals surface area contributed by atoms with Gasteiger partial charge >= 0.3 is 0 Å². The lowest BCUT2D eigenvalue weighted by molar-refractivity contribution is -0.129. The van der Waals surface area contributed by atoms with Crippen LogP contribution in [0, 0.1) is 22.7 Å². The van der Waals surface area contributed by atoms with E-state index in [0.29, 0.717) is 52.9 Å². The molecule has 8 nitrogen and oxygen atoms in total. The van der Waals surface area contributed by atoms with E-state index >= 15 is 0 Å². The fourth-order valence-electron chi connectivity index (χ4n) is 4.13. The number of hydrogen-bond donors (Lipinski definition) is 0. The van der Waals surface area contributed by atoms with Crippen molar-refractivity contribution in [3.8, 4) is 12.1 Å². The average molecular weight is 455 g/mol. The maximum absolute atomic E-state index is 7.32. The Kier molecular flexibility index (Phi) is 18.3. The molecule has 0 aromatic rings. The molecule has 0 aromatic carbocycles. The van der Waals surface area contributed by atoms with Gasteiger partial charge in [0.25, 0.3) is 0 Å². The zero-order valence-corrected chi connectivity index (χ0v) is 20.0. The van der Waals surface area contributed by atoms with Crippen molar-refractivity contribution in [2.75, 3.05) is 52.9 Å². The normalized spacial score (nSPS) is 30.5. The summed E-state index contributed by atoms with van der Waals surface area (Å²) in [5.74, 6) is 0. The summed E-state index contributed by atoms with van der Waals surface area (Å²) in [4.78, 5) is 0. The summed E-state index contributed by atoms with van der Waals surface area (Å²) < 4.78 is 35.5. The second-order valence-electron chi connectivity index (χ2n) is 7.88. The Morgan fingerprint density at radius 1 is 0.469 bits per heavy atom. The highest BCUT2D eigenvalue weighted by Crippen LogP contribution is 2.25. The molecule has 1 heterocycles. The van der Waals surface area contributed by atoms with E-state index in [0.717, 1.165) is 25.7 Å². The van der Waals surface area contributed by atoms with Crippen molar-refractivity contribution in [3.05, 3.63) is 0 Å². The molecule has 184 valence electrons. The summed E-state index contributed by atoms with van der Waals surface area (Å²) in [5, 5.41) is 14.6. The Bertz CT molecular complexity index is 444. The van der Waals surface area contributed by atoms with E-state index in [2.05, 4.69) is 0 Å². The number of hydrogen-bond acceptors (Lipinski definition) is 8. The fraction of sp³-hybridized carbons (Fsp3) is 0.917. The molecule has 3 rings (SSSR count). The third-order valence-electron chi connectivity index (χ3n) is 5.52. The van der Waals surface area contributed by atoms with Gasteiger partial charge in [0.1, 0.15) is 0 Å². The second kappa shape index (κ2) is 20.4. The van der Waals surface area contributed by atoms with E-state index in [1.807, 2.05) is 0 Å². The fourth-order valence-corrected chi connectivity index (χ4v) is 4.13. The van der Waals surface area contributed by atoms with Crippen molar-refractivity contribution in [1.82, 2.24) is 0 Å². The van der Waals surface area contributed by atoms with Crippen LogP contribution in [-0.2, 0) is 28.4 Å². The van der Waals surface area contributed by atoms with Gasteiger partial charge in [-0.15, -0.1) is 0 Å². The molecule has 0 spiro atoms. The lowest BCUT2D eigenvalue weighted by Crippen LogP contribution is -2.37. The Morgan fingerprint density at radius 2 is 0.688 bits per heavy atom. The molecule has 2 aliphatic carbocycles. The molecule has 3 fully saturated rings. The number of nitriles is 2. The number of fused-ring (bicyclic) bond motifs is 2. The van der Waals surface area contributed by atoms with E-state index in [-0.39, 0.29) is 24.4 Å². The van der Waals surface area contributed by atoms with E-state index in [4.69, 9.17) is 38.9 Å². The summed E-state index contributed by atoms with van der Waals surface area (Å²) >= 11 is 0. The van der Waals surface area contributed by atoms with Gasteiger partial charge in [-0.3, -0.25) is 0 Å². The summed E-state index contributed by atoms with van der Waals surface area (Å²) in [6, 6.07) is 3.50. The first kappa shape index (κ1) is 28.8. The van der Waals surface area contributed by atoms with Crippen molar-refractivity contribution in [2.24, 2.45) is 0 Å². The summed E-state index contributed by atoms with van der Waals surface area (Å²) in [5.41, 5.74) is 0. The van der Waals surface area contributed by atoms with Gasteiger partial charge in [-0.2, -0.15) is 10.5 Å². The maximum atomic E-state index is 7.32. The molecule has 1 saturated heterocycles. The van der Waals surface area contributed by atoms with Gasteiger partial charge < -0.3 is 28.4 Å². The van der Waals surface area contributed by atoms with E-state index in [1.54, 1.807) is 12.1 Å². The third kappa shape index (κ3) is 13.3. The topological polar surface area (TPSA) is 103 Å². The summed E-state index contributed by atoms with van der Waals surface area (Å²) in [6.07, 6.45) is 9.93. The predicted octanol–water partition coefficient (Wildman–Crippen LogP) is 3.78. The van der Waals surface area contributed by atoms with Crippen LogP contribution in [0.3, 0.4) is 0 Å². The van der Waals surface area contributed by atoms with Crippen LogP contribution in [0.5, 0.6) is 0 Å². The molecule has 4 atom stereocenters. The minimum atomic E-state index is 0.189. The lowest BCUT2D eigenvalue weighted by atomic mass is 9.94. The Labute approximate surface area is 194 Å². The molecule has 0 bridgehead atoms. The molecule has 0 radical (unpaired) electrons. The largest absolute Gasteiger partial charge is 0.377 e. The van der Waals surface area contributed by atoms with Gasteiger partial charge in [0.15, 0.2) is 0 Å². The van der Waals surface area contributed by atoms with Crippen LogP contribution >= 0.6 is 0 Å². The zero-order chi connectivity index (χ0) is 23.3. The van der Waals surface area contributed by atoms with Crippen LogP contribution in [0.2, 0.25) is 0 Å². The van der Waals surface area contributed by atoms with Crippen LogP contribution in [-0.4, -0.2) is 77.3 Å². The van der Waals surface area contributed by atoms with Crippen molar-refractivity contribution in [3.63, 3.8) is 0 Å². The monoisotopic (exact) mass is 454 g/mol. The smallest absolute Gasteiger partial charge is 0.0837 e. The van der Waals surface area contributed by atoms with E-state index in [1.165, 1.54) is 39.5 Å². The van der Waals surface area contributed by atoms with Gasteiger partial charge in [0.2, 0.25) is 0 Å². The quantitative estimate of drug-likeness (QED) is 0.545. The van der Waals surface area contributed by atoms with Gasteiger partial charge in [-0.25, -0.2) is 0 Å². The molecule has 0 aromatic heterocycles. The van der Waals surface area contributed by atoms with Crippen LogP contribution in [0.15, 0.2) is 0 Å². The lowest BCUT2D eigenvalue weighted by Gasteiger charge is -2.32. The number of ether oxygens (including phenoxy) is 6. The van der Waals surface area contributed by atoms with Gasteiger partial charge in [0, 0.05) is 13.8 Å². The van der Waals surface area contributed by atoms with Crippen LogP contribution in [0.4, 0.5) is 0 Å². The van der Waals surface area contributed by atoms with Crippen molar-refractivity contribution < 1.29 is 28.4 Å². The Balaban J connectivity index is 0.000000769. The molecule has 3 aliphatic rings. The minimum absolute atomic E-state index is 0.189.